The van der Waals surface area contributed by atoms with Gasteiger partial charge in [0, 0.05) is 19.3 Å². The van der Waals surface area contributed by atoms with Gasteiger partial charge in [0.05, 0.1) is 18.0 Å². The maximum Gasteiger partial charge on any atom is 0.280 e. The van der Waals surface area contributed by atoms with Crippen molar-refractivity contribution in [2.45, 2.75) is 31.7 Å². The standard InChI is InChI=1S/C20H23F2N5/c1-14-2-4-15(5-3-14)7-10-27-11-8-17(20(21,22)12-27)26-19-16-6-9-23-18(16)24-13-25-19/h2-6,9,13,17H,7-8,10-12H2,1H3,(H2,23,24,25,26). The number of aryl methyl sites for hydroxylation is 1. The summed E-state index contributed by atoms with van der Waals surface area (Å²) in [4.78, 5) is 13.1. The van der Waals surface area contributed by atoms with Gasteiger partial charge in [0.2, 0.25) is 0 Å². The van der Waals surface area contributed by atoms with Crippen molar-refractivity contribution in [3.05, 3.63) is 54.0 Å². The zero-order valence-corrected chi connectivity index (χ0v) is 15.3. The summed E-state index contributed by atoms with van der Waals surface area (Å²) in [5, 5.41) is 3.68. The Kier molecular flexibility index (Phi) is 4.78. The minimum absolute atomic E-state index is 0.238. The van der Waals surface area contributed by atoms with E-state index in [9.17, 15) is 8.78 Å². The third-order valence-corrected chi connectivity index (χ3v) is 5.18. The molecule has 142 valence electrons. The molecule has 0 amide bonds. The largest absolute Gasteiger partial charge is 0.361 e. The Balaban J connectivity index is 1.38. The molecule has 0 radical (unpaired) electrons. The van der Waals surface area contributed by atoms with E-state index in [1.165, 1.54) is 17.5 Å². The molecule has 7 heteroatoms. The molecule has 1 fully saturated rings. The van der Waals surface area contributed by atoms with Crippen molar-refractivity contribution < 1.29 is 8.78 Å². The van der Waals surface area contributed by atoms with Gasteiger partial charge in [0.25, 0.3) is 5.92 Å². The molecule has 2 N–H and O–H groups in total. The number of rotatable bonds is 5. The van der Waals surface area contributed by atoms with E-state index in [4.69, 9.17) is 0 Å². The molecule has 3 heterocycles. The van der Waals surface area contributed by atoms with Crippen molar-refractivity contribution in [2.75, 3.05) is 25.0 Å². The number of piperidine rings is 1. The van der Waals surface area contributed by atoms with Crippen LogP contribution in [0.4, 0.5) is 14.6 Å². The van der Waals surface area contributed by atoms with Gasteiger partial charge in [-0.1, -0.05) is 29.8 Å². The molecule has 3 aromatic rings. The smallest absolute Gasteiger partial charge is 0.280 e. The number of alkyl halides is 2. The summed E-state index contributed by atoms with van der Waals surface area (Å²) in [5.41, 5.74) is 3.03. The number of benzene rings is 1. The lowest BCUT2D eigenvalue weighted by Crippen LogP contribution is -2.54. The molecule has 0 aliphatic carbocycles. The summed E-state index contributed by atoms with van der Waals surface area (Å²) < 4.78 is 29.5. The maximum atomic E-state index is 14.8. The van der Waals surface area contributed by atoms with Crippen LogP contribution in [0.25, 0.3) is 11.0 Å². The Labute approximate surface area is 156 Å². The van der Waals surface area contributed by atoms with Crippen LogP contribution >= 0.6 is 0 Å². The highest BCUT2D eigenvalue weighted by Crippen LogP contribution is 2.31. The monoisotopic (exact) mass is 371 g/mol. The molecule has 1 atom stereocenters. The van der Waals surface area contributed by atoms with Crippen LogP contribution in [0.1, 0.15) is 17.5 Å². The van der Waals surface area contributed by atoms with Gasteiger partial charge in [0.1, 0.15) is 17.8 Å². The summed E-state index contributed by atoms with van der Waals surface area (Å²) in [7, 11) is 0. The van der Waals surface area contributed by atoms with E-state index in [0.717, 1.165) is 11.8 Å². The van der Waals surface area contributed by atoms with E-state index in [1.807, 2.05) is 11.8 Å². The average Bonchev–Trinajstić information content (AvgIpc) is 3.13. The number of aromatic amines is 1. The first kappa shape index (κ1) is 17.9. The highest BCUT2D eigenvalue weighted by atomic mass is 19.3. The van der Waals surface area contributed by atoms with E-state index >= 15 is 0 Å². The summed E-state index contributed by atoms with van der Waals surface area (Å²) in [6.45, 7) is 3.08. The van der Waals surface area contributed by atoms with Crippen molar-refractivity contribution in [1.29, 1.82) is 0 Å². The predicted octanol–water partition coefficient (Wildman–Crippen LogP) is 3.63. The first-order valence-corrected chi connectivity index (χ1v) is 9.22. The van der Waals surface area contributed by atoms with E-state index in [-0.39, 0.29) is 6.54 Å². The van der Waals surface area contributed by atoms with Crippen molar-refractivity contribution in [3.8, 4) is 0 Å². The first-order valence-electron chi connectivity index (χ1n) is 9.22. The van der Waals surface area contributed by atoms with Crippen molar-refractivity contribution >= 4 is 16.9 Å². The molecule has 1 aliphatic rings. The molecule has 27 heavy (non-hydrogen) atoms. The van der Waals surface area contributed by atoms with Crippen LogP contribution in [0.3, 0.4) is 0 Å². The van der Waals surface area contributed by atoms with Crippen molar-refractivity contribution in [2.24, 2.45) is 0 Å². The molecule has 0 bridgehead atoms. The van der Waals surface area contributed by atoms with Crippen LogP contribution in [0.2, 0.25) is 0 Å². The number of H-pyrrole nitrogens is 1. The lowest BCUT2D eigenvalue weighted by molar-refractivity contribution is -0.0734. The van der Waals surface area contributed by atoms with E-state index < -0.39 is 12.0 Å². The molecule has 1 aromatic carbocycles. The van der Waals surface area contributed by atoms with Gasteiger partial charge in [-0.05, 0) is 31.4 Å². The number of nitrogens with zero attached hydrogens (tertiary/aromatic N) is 3. The number of hydrogen-bond donors (Lipinski definition) is 2. The number of nitrogens with one attached hydrogen (secondary N) is 2. The summed E-state index contributed by atoms with van der Waals surface area (Å²) in [6.07, 6.45) is 4.27. The van der Waals surface area contributed by atoms with E-state index in [2.05, 4.69) is 44.5 Å². The van der Waals surface area contributed by atoms with Gasteiger partial charge in [-0.15, -0.1) is 0 Å². The lowest BCUT2D eigenvalue weighted by Gasteiger charge is -2.38. The fraction of sp³-hybridized carbons (Fsp3) is 0.400. The highest BCUT2D eigenvalue weighted by Gasteiger charge is 2.44. The quantitative estimate of drug-likeness (QED) is 0.719. The molecule has 0 spiro atoms. The summed E-state index contributed by atoms with van der Waals surface area (Å²) in [5.74, 6) is -2.36. The highest BCUT2D eigenvalue weighted by molar-refractivity contribution is 5.86. The first-order chi connectivity index (χ1) is 13.0. The Morgan fingerprint density at radius 1 is 1.22 bits per heavy atom. The van der Waals surface area contributed by atoms with E-state index in [1.54, 1.807) is 12.3 Å². The molecular formula is C20H23F2N5. The molecule has 1 unspecified atom stereocenters. The number of halogens is 2. The fourth-order valence-electron chi connectivity index (χ4n) is 3.57. The lowest BCUT2D eigenvalue weighted by atomic mass is 9.99. The fourth-order valence-corrected chi connectivity index (χ4v) is 3.57. The van der Waals surface area contributed by atoms with Crippen LogP contribution in [0.15, 0.2) is 42.9 Å². The number of fused-ring (bicyclic) bond motifs is 1. The second-order valence-corrected chi connectivity index (χ2v) is 7.22. The molecule has 1 saturated heterocycles. The number of aromatic nitrogens is 3. The van der Waals surface area contributed by atoms with Crippen molar-refractivity contribution in [1.82, 2.24) is 19.9 Å². The number of likely N-dealkylation sites (tertiary alicyclic amines) is 1. The van der Waals surface area contributed by atoms with Gasteiger partial charge in [-0.3, -0.25) is 4.90 Å². The topological polar surface area (TPSA) is 56.8 Å². The molecule has 4 rings (SSSR count). The Bertz CT molecular complexity index is 906. The molecule has 1 aliphatic heterocycles. The molecule has 0 saturated carbocycles. The zero-order valence-electron chi connectivity index (χ0n) is 15.3. The van der Waals surface area contributed by atoms with Gasteiger partial charge in [0.15, 0.2) is 0 Å². The second kappa shape index (κ2) is 7.23. The van der Waals surface area contributed by atoms with Crippen LogP contribution in [-0.4, -0.2) is 51.5 Å². The van der Waals surface area contributed by atoms with Crippen LogP contribution < -0.4 is 5.32 Å². The van der Waals surface area contributed by atoms with Gasteiger partial charge in [-0.2, -0.15) is 0 Å². The van der Waals surface area contributed by atoms with Crippen molar-refractivity contribution in [3.63, 3.8) is 0 Å². The van der Waals surface area contributed by atoms with Gasteiger partial charge in [-0.25, -0.2) is 18.7 Å². The maximum absolute atomic E-state index is 14.8. The Morgan fingerprint density at radius 3 is 2.81 bits per heavy atom. The number of hydrogen-bond acceptors (Lipinski definition) is 4. The van der Waals surface area contributed by atoms with Crippen LogP contribution in [-0.2, 0) is 6.42 Å². The predicted molar refractivity (Wildman–Crippen MR) is 102 cm³/mol. The molecule has 5 nitrogen and oxygen atoms in total. The summed E-state index contributed by atoms with van der Waals surface area (Å²) >= 11 is 0. The zero-order chi connectivity index (χ0) is 18.9. The van der Waals surface area contributed by atoms with E-state index in [0.29, 0.717) is 31.0 Å². The molecule has 2 aromatic heterocycles. The van der Waals surface area contributed by atoms with Crippen LogP contribution in [0, 0.1) is 6.92 Å². The summed E-state index contributed by atoms with van der Waals surface area (Å²) in [6, 6.07) is 9.12. The number of anilines is 1. The Hall–Kier alpha value is -2.54. The van der Waals surface area contributed by atoms with Crippen LogP contribution in [0.5, 0.6) is 0 Å². The van der Waals surface area contributed by atoms with Gasteiger partial charge >= 0.3 is 0 Å². The normalized spacial score (nSPS) is 20.0. The third kappa shape index (κ3) is 3.93. The third-order valence-electron chi connectivity index (χ3n) is 5.18. The Morgan fingerprint density at radius 2 is 2.04 bits per heavy atom. The minimum atomic E-state index is -2.82. The van der Waals surface area contributed by atoms with Gasteiger partial charge < -0.3 is 10.3 Å². The SMILES string of the molecule is Cc1ccc(CCN2CCC(Nc3ncnc4[nH]ccc34)C(F)(F)C2)cc1. The minimum Gasteiger partial charge on any atom is -0.361 e. The second-order valence-electron chi connectivity index (χ2n) is 7.22. The molecular weight excluding hydrogens is 348 g/mol. The average molecular weight is 371 g/mol.